The monoisotopic (exact) mass is 388 g/mol. The van der Waals surface area contributed by atoms with Crippen molar-refractivity contribution < 1.29 is 29.0 Å². The van der Waals surface area contributed by atoms with Gasteiger partial charge in [-0.25, -0.2) is 9.97 Å². The summed E-state index contributed by atoms with van der Waals surface area (Å²) in [7, 11) is 4.62. The number of hydrogen-bond donors (Lipinski definition) is 2. The van der Waals surface area contributed by atoms with Crippen LogP contribution >= 0.6 is 0 Å². The van der Waals surface area contributed by atoms with Crippen LogP contribution in [0.4, 0.5) is 5.95 Å². The lowest BCUT2D eigenvalue weighted by Gasteiger charge is -2.16. The molecule has 0 saturated carbocycles. The summed E-state index contributed by atoms with van der Waals surface area (Å²) < 4.78 is 10.8. The van der Waals surface area contributed by atoms with Crippen LogP contribution in [0.5, 0.6) is 11.5 Å². The fourth-order valence-corrected chi connectivity index (χ4v) is 2.17. The molecule has 1 aromatic heterocycles. The van der Waals surface area contributed by atoms with Gasteiger partial charge in [0.15, 0.2) is 24.4 Å². The van der Waals surface area contributed by atoms with Crippen LogP contribution < -0.4 is 14.8 Å². The van der Waals surface area contributed by atoms with E-state index < -0.39 is 5.97 Å². The lowest BCUT2D eigenvalue weighted by Crippen LogP contribution is -2.27. The van der Waals surface area contributed by atoms with Gasteiger partial charge in [-0.3, -0.25) is 14.4 Å². The fourth-order valence-electron chi connectivity index (χ4n) is 2.17. The van der Waals surface area contributed by atoms with Crippen molar-refractivity contribution >= 4 is 24.1 Å². The molecule has 148 valence electrons. The molecule has 0 bridgehead atoms. The van der Waals surface area contributed by atoms with Crippen LogP contribution in [0.3, 0.4) is 0 Å². The lowest BCUT2D eigenvalue weighted by atomic mass is 10.0. The normalized spacial score (nSPS) is 10.1. The number of nitrogens with zero attached hydrogens (tertiary/aromatic N) is 3. The second kappa shape index (κ2) is 9.31. The van der Waals surface area contributed by atoms with E-state index >= 15 is 0 Å². The number of aliphatic carboxylic acids is 1. The van der Waals surface area contributed by atoms with Gasteiger partial charge in [0.25, 0.3) is 5.91 Å². The Bertz CT molecular complexity index is 867. The number of carboxylic acid groups (broad SMARTS) is 1. The first-order chi connectivity index (χ1) is 13.3. The molecule has 0 radical (unpaired) electrons. The van der Waals surface area contributed by atoms with Gasteiger partial charge in [0.1, 0.15) is 6.54 Å². The molecule has 10 heteroatoms. The number of nitrogens with one attached hydrogen (secondary N) is 1. The van der Waals surface area contributed by atoms with E-state index in [0.717, 1.165) is 0 Å². The van der Waals surface area contributed by atoms with Gasteiger partial charge in [-0.2, -0.15) is 0 Å². The first kappa shape index (κ1) is 20.6. The third kappa shape index (κ3) is 5.16. The number of likely N-dealkylation sites (N-methyl/N-ethyl adjacent to an activating group) is 1. The van der Waals surface area contributed by atoms with Crippen molar-refractivity contribution in [3.63, 3.8) is 0 Å². The number of carbonyl (C=O) groups excluding carboxylic acids is 2. The Morgan fingerprint density at radius 3 is 2.43 bits per heavy atom. The van der Waals surface area contributed by atoms with Gasteiger partial charge >= 0.3 is 5.97 Å². The second-order valence-corrected chi connectivity index (χ2v) is 5.83. The first-order valence-corrected chi connectivity index (χ1v) is 8.14. The molecule has 2 aromatic rings. The SMILES string of the molecule is COc1cc(-c2cnc(NCC(=O)O)nc2)cc(C=O)c1OCC(=O)N(C)C. The number of carboxylic acids is 1. The van der Waals surface area contributed by atoms with E-state index in [9.17, 15) is 14.4 Å². The Morgan fingerprint density at radius 2 is 1.89 bits per heavy atom. The fraction of sp³-hybridized carbons (Fsp3) is 0.278. The van der Waals surface area contributed by atoms with Crippen LogP contribution in [-0.4, -0.2) is 72.5 Å². The highest BCUT2D eigenvalue weighted by molar-refractivity contribution is 5.86. The Kier molecular flexibility index (Phi) is 6.85. The van der Waals surface area contributed by atoms with Crippen molar-refractivity contribution in [1.29, 1.82) is 0 Å². The highest BCUT2D eigenvalue weighted by atomic mass is 16.5. The van der Waals surface area contributed by atoms with Crippen molar-refractivity contribution in [3.05, 3.63) is 30.1 Å². The predicted octanol–water partition coefficient (Wildman–Crippen LogP) is 0.928. The average Bonchev–Trinajstić information content (AvgIpc) is 2.69. The first-order valence-electron chi connectivity index (χ1n) is 8.14. The molecule has 0 aliphatic heterocycles. The molecule has 1 heterocycles. The van der Waals surface area contributed by atoms with E-state index in [-0.39, 0.29) is 42.1 Å². The number of aromatic nitrogens is 2. The van der Waals surface area contributed by atoms with Crippen LogP contribution in [0.1, 0.15) is 10.4 Å². The molecule has 2 N–H and O–H groups in total. The molecule has 0 unspecified atom stereocenters. The highest BCUT2D eigenvalue weighted by Gasteiger charge is 2.16. The summed E-state index contributed by atoms with van der Waals surface area (Å²) in [6.07, 6.45) is 3.57. The van der Waals surface area contributed by atoms with Crippen LogP contribution in [0, 0.1) is 0 Å². The average molecular weight is 388 g/mol. The number of methoxy groups -OCH3 is 1. The van der Waals surface area contributed by atoms with Crippen LogP contribution in [0.15, 0.2) is 24.5 Å². The topological polar surface area (TPSA) is 131 Å². The third-order valence-corrected chi connectivity index (χ3v) is 3.65. The Morgan fingerprint density at radius 1 is 1.21 bits per heavy atom. The summed E-state index contributed by atoms with van der Waals surface area (Å²) in [5.41, 5.74) is 1.38. The number of hydrogen-bond acceptors (Lipinski definition) is 8. The van der Waals surface area contributed by atoms with Gasteiger partial charge < -0.3 is 24.8 Å². The maximum absolute atomic E-state index is 11.7. The van der Waals surface area contributed by atoms with Gasteiger partial charge in [0.2, 0.25) is 5.95 Å². The van der Waals surface area contributed by atoms with E-state index in [4.69, 9.17) is 14.6 Å². The van der Waals surface area contributed by atoms with Crippen LogP contribution in [0.2, 0.25) is 0 Å². The second-order valence-electron chi connectivity index (χ2n) is 5.83. The van der Waals surface area contributed by atoms with Crippen molar-refractivity contribution in [3.8, 4) is 22.6 Å². The molecule has 1 amide bonds. The highest BCUT2D eigenvalue weighted by Crippen LogP contribution is 2.35. The molecule has 0 aliphatic rings. The number of benzene rings is 1. The molecule has 2 rings (SSSR count). The molecule has 0 saturated heterocycles. The van der Waals surface area contributed by atoms with Gasteiger partial charge in [-0.1, -0.05) is 0 Å². The van der Waals surface area contributed by atoms with E-state index in [0.29, 0.717) is 17.4 Å². The summed E-state index contributed by atoms with van der Waals surface area (Å²) in [4.78, 5) is 43.3. The molecular formula is C18H20N4O6. The largest absolute Gasteiger partial charge is 0.493 e. The molecule has 0 aliphatic carbocycles. The van der Waals surface area contributed by atoms with Crippen molar-refractivity contribution in [2.24, 2.45) is 0 Å². The number of rotatable bonds is 9. The zero-order chi connectivity index (χ0) is 20.7. The van der Waals surface area contributed by atoms with Gasteiger partial charge in [0, 0.05) is 32.1 Å². The molecule has 1 aromatic carbocycles. The molecule has 0 fully saturated rings. The van der Waals surface area contributed by atoms with Gasteiger partial charge in [-0.15, -0.1) is 0 Å². The summed E-state index contributed by atoms with van der Waals surface area (Å²) in [5.74, 6) is -0.690. The lowest BCUT2D eigenvalue weighted by molar-refractivity contribution is -0.135. The maximum Gasteiger partial charge on any atom is 0.322 e. The van der Waals surface area contributed by atoms with Gasteiger partial charge in [0.05, 0.1) is 12.7 Å². The zero-order valence-electron chi connectivity index (χ0n) is 15.6. The summed E-state index contributed by atoms with van der Waals surface area (Å²) >= 11 is 0. The molecular weight excluding hydrogens is 368 g/mol. The van der Waals surface area contributed by atoms with E-state index in [1.54, 1.807) is 26.2 Å². The summed E-state index contributed by atoms with van der Waals surface area (Å²) in [6.45, 7) is -0.545. The van der Waals surface area contributed by atoms with Crippen molar-refractivity contribution in [2.75, 3.05) is 39.7 Å². The Balaban J connectivity index is 2.29. The van der Waals surface area contributed by atoms with Crippen LogP contribution in [0.25, 0.3) is 11.1 Å². The number of carbonyl (C=O) groups is 3. The smallest absolute Gasteiger partial charge is 0.322 e. The zero-order valence-corrected chi connectivity index (χ0v) is 15.6. The number of aldehydes is 1. The molecule has 10 nitrogen and oxygen atoms in total. The summed E-state index contributed by atoms with van der Waals surface area (Å²) in [5, 5.41) is 11.2. The standard InChI is InChI=1S/C18H20N4O6/c1-22(2)15(24)10-28-17-12(9-23)4-11(5-14(17)27-3)13-6-19-18(20-7-13)21-8-16(25)26/h4-7,9H,8,10H2,1-3H3,(H,25,26)(H,19,20,21). The van der Waals surface area contributed by atoms with E-state index in [2.05, 4.69) is 15.3 Å². The Labute approximate surface area is 161 Å². The molecule has 0 spiro atoms. The van der Waals surface area contributed by atoms with Crippen LogP contribution in [-0.2, 0) is 9.59 Å². The minimum absolute atomic E-state index is 0.163. The third-order valence-electron chi connectivity index (χ3n) is 3.65. The minimum Gasteiger partial charge on any atom is -0.493 e. The number of ether oxygens (including phenoxy) is 2. The number of anilines is 1. The Hall–Kier alpha value is -3.69. The summed E-state index contributed by atoms with van der Waals surface area (Å²) in [6, 6.07) is 3.19. The predicted molar refractivity (Wildman–Crippen MR) is 99.7 cm³/mol. The minimum atomic E-state index is -1.03. The van der Waals surface area contributed by atoms with E-state index in [1.165, 1.54) is 24.4 Å². The van der Waals surface area contributed by atoms with E-state index in [1.807, 2.05) is 0 Å². The van der Waals surface area contributed by atoms with Crippen molar-refractivity contribution in [2.45, 2.75) is 0 Å². The van der Waals surface area contributed by atoms with Crippen molar-refractivity contribution in [1.82, 2.24) is 14.9 Å². The quantitative estimate of drug-likeness (QED) is 0.602. The molecule has 0 atom stereocenters. The number of amides is 1. The maximum atomic E-state index is 11.7. The van der Waals surface area contributed by atoms with Gasteiger partial charge in [-0.05, 0) is 17.7 Å². The molecule has 28 heavy (non-hydrogen) atoms.